The first-order chi connectivity index (χ1) is 8.22. The molecule has 0 amide bonds. The van der Waals surface area contributed by atoms with Gasteiger partial charge in [0.05, 0.1) is 11.7 Å². The average Bonchev–Trinajstić information content (AvgIpc) is 2.92. The zero-order valence-corrected chi connectivity index (χ0v) is 10.4. The number of aromatic nitrogens is 2. The van der Waals surface area contributed by atoms with Crippen molar-refractivity contribution < 1.29 is 4.42 Å². The molecule has 3 heterocycles. The molecule has 1 atom stereocenters. The molecule has 3 rings (SSSR count). The summed E-state index contributed by atoms with van der Waals surface area (Å²) in [6.07, 6.45) is 4.60. The SMILES string of the molecule is NC(Cc1cn2ccsc2n1)c1ccc(Cl)o1. The molecule has 0 aromatic carbocycles. The van der Waals surface area contributed by atoms with Crippen LogP contribution in [0.5, 0.6) is 0 Å². The van der Waals surface area contributed by atoms with Gasteiger partial charge in [-0.25, -0.2) is 4.98 Å². The molecule has 0 aliphatic rings. The van der Waals surface area contributed by atoms with E-state index in [1.165, 1.54) is 0 Å². The first kappa shape index (κ1) is 10.8. The highest BCUT2D eigenvalue weighted by Gasteiger charge is 2.13. The molecule has 0 aliphatic heterocycles. The van der Waals surface area contributed by atoms with Gasteiger partial charge in [0.1, 0.15) is 5.76 Å². The molecule has 0 radical (unpaired) electrons. The third-order valence-electron chi connectivity index (χ3n) is 2.53. The molecule has 0 saturated heterocycles. The Morgan fingerprint density at radius 2 is 2.41 bits per heavy atom. The van der Waals surface area contributed by atoms with Crippen molar-refractivity contribution >= 4 is 27.9 Å². The van der Waals surface area contributed by atoms with Gasteiger partial charge in [-0.1, -0.05) is 0 Å². The third-order valence-corrected chi connectivity index (χ3v) is 3.51. The fraction of sp³-hybridized carbons (Fsp3) is 0.182. The van der Waals surface area contributed by atoms with Crippen LogP contribution in [0, 0.1) is 0 Å². The van der Waals surface area contributed by atoms with E-state index in [9.17, 15) is 0 Å². The Balaban J connectivity index is 1.80. The number of nitrogens with two attached hydrogens (primary N) is 1. The molecule has 6 heteroatoms. The minimum atomic E-state index is -0.216. The summed E-state index contributed by atoms with van der Waals surface area (Å²) in [5, 5.41) is 2.36. The topological polar surface area (TPSA) is 56.5 Å². The van der Waals surface area contributed by atoms with Gasteiger partial charge < -0.3 is 10.2 Å². The van der Waals surface area contributed by atoms with Crippen LogP contribution in [0.1, 0.15) is 17.5 Å². The van der Waals surface area contributed by atoms with Crippen LogP contribution in [-0.4, -0.2) is 9.38 Å². The van der Waals surface area contributed by atoms with Gasteiger partial charge in [0.25, 0.3) is 0 Å². The third kappa shape index (κ3) is 2.09. The zero-order chi connectivity index (χ0) is 11.8. The molecule has 2 N–H and O–H groups in total. The van der Waals surface area contributed by atoms with E-state index in [-0.39, 0.29) is 6.04 Å². The molecule has 3 aromatic heterocycles. The predicted molar refractivity (Wildman–Crippen MR) is 67.4 cm³/mol. The summed E-state index contributed by atoms with van der Waals surface area (Å²) in [6, 6.07) is 3.28. The van der Waals surface area contributed by atoms with Crippen LogP contribution in [0.15, 0.2) is 34.3 Å². The molecule has 3 aromatic rings. The summed E-state index contributed by atoms with van der Waals surface area (Å²) in [7, 11) is 0. The van der Waals surface area contributed by atoms with Crippen molar-refractivity contribution in [3.8, 4) is 0 Å². The molecular formula is C11H10ClN3OS. The second-order valence-electron chi connectivity index (χ2n) is 3.78. The van der Waals surface area contributed by atoms with Crippen molar-refractivity contribution in [2.45, 2.75) is 12.5 Å². The number of halogens is 1. The Hall–Kier alpha value is -1.30. The standard InChI is InChI=1S/C11H10ClN3OS/c12-10-2-1-9(16-10)8(13)5-7-6-15-3-4-17-11(15)14-7/h1-4,6,8H,5,13H2. The van der Waals surface area contributed by atoms with E-state index in [2.05, 4.69) is 4.98 Å². The Kier molecular flexibility index (Phi) is 2.66. The quantitative estimate of drug-likeness (QED) is 0.794. The number of hydrogen-bond donors (Lipinski definition) is 1. The zero-order valence-electron chi connectivity index (χ0n) is 8.84. The van der Waals surface area contributed by atoms with E-state index in [1.807, 2.05) is 22.2 Å². The Labute approximate surface area is 107 Å². The number of rotatable bonds is 3. The number of imidazole rings is 1. The van der Waals surface area contributed by atoms with E-state index in [0.717, 1.165) is 10.7 Å². The number of fused-ring (bicyclic) bond motifs is 1. The lowest BCUT2D eigenvalue weighted by atomic mass is 10.1. The van der Waals surface area contributed by atoms with Crippen molar-refractivity contribution in [1.29, 1.82) is 0 Å². The van der Waals surface area contributed by atoms with Crippen LogP contribution in [0.2, 0.25) is 5.22 Å². The molecule has 0 fully saturated rings. The number of furan rings is 1. The van der Waals surface area contributed by atoms with Crippen LogP contribution in [-0.2, 0) is 6.42 Å². The minimum absolute atomic E-state index is 0.216. The smallest absolute Gasteiger partial charge is 0.193 e. The highest BCUT2D eigenvalue weighted by molar-refractivity contribution is 7.15. The van der Waals surface area contributed by atoms with E-state index in [4.69, 9.17) is 21.8 Å². The van der Waals surface area contributed by atoms with Gasteiger partial charge >= 0.3 is 0 Å². The molecule has 4 nitrogen and oxygen atoms in total. The largest absolute Gasteiger partial charge is 0.448 e. The molecule has 0 bridgehead atoms. The highest BCUT2D eigenvalue weighted by atomic mass is 35.5. The lowest BCUT2D eigenvalue weighted by Crippen LogP contribution is -2.12. The highest BCUT2D eigenvalue weighted by Crippen LogP contribution is 2.22. The van der Waals surface area contributed by atoms with E-state index >= 15 is 0 Å². The van der Waals surface area contributed by atoms with Gasteiger partial charge in [0, 0.05) is 24.2 Å². The van der Waals surface area contributed by atoms with Gasteiger partial charge in [-0.15, -0.1) is 11.3 Å². The number of thiazole rings is 1. The summed E-state index contributed by atoms with van der Waals surface area (Å²) in [5.41, 5.74) is 6.99. The second-order valence-corrected chi connectivity index (χ2v) is 5.02. The van der Waals surface area contributed by atoms with Crippen LogP contribution in [0.3, 0.4) is 0 Å². The van der Waals surface area contributed by atoms with Gasteiger partial charge in [0.2, 0.25) is 0 Å². The molecule has 0 aliphatic carbocycles. The van der Waals surface area contributed by atoms with E-state index < -0.39 is 0 Å². The van der Waals surface area contributed by atoms with Crippen LogP contribution >= 0.6 is 22.9 Å². The fourth-order valence-corrected chi connectivity index (χ4v) is 2.60. The monoisotopic (exact) mass is 267 g/mol. The lowest BCUT2D eigenvalue weighted by molar-refractivity contribution is 0.464. The van der Waals surface area contributed by atoms with Crippen molar-refractivity contribution in [3.63, 3.8) is 0 Å². The Bertz CT molecular complexity index is 613. The van der Waals surface area contributed by atoms with Crippen molar-refractivity contribution in [2.75, 3.05) is 0 Å². The van der Waals surface area contributed by atoms with Crippen molar-refractivity contribution in [1.82, 2.24) is 9.38 Å². The molecule has 0 saturated carbocycles. The predicted octanol–water partition coefficient (Wildman–Crippen LogP) is 2.88. The van der Waals surface area contributed by atoms with E-state index in [1.54, 1.807) is 23.5 Å². The maximum Gasteiger partial charge on any atom is 0.193 e. The van der Waals surface area contributed by atoms with Crippen molar-refractivity contribution in [3.05, 3.63) is 46.6 Å². The maximum atomic E-state index is 6.03. The summed E-state index contributed by atoms with van der Waals surface area (Å²) in [4.78, 5) is 5.45. The van der Waals surface area contributed by atoms with Crippen LogP contribution in [0.4, 0.5) is 0 Å². The molecular weight excluding hydrogens is 258 g/mol. The first-order valence-corrected chi connectivity index (χ1v) is 6.40. The fourth-order valence-electron chi connectivity index (χ4n) is 1.73. The molecule has 17 heavy (non-hydrogen) atoms. The lowest BCUT2D eigenvalue weighted by Gasteiger charge is -2.05. The van der Waals surface area contributed by atoms with E-state index in [0.29, 0.717) is 17.4 Å². The van der Waals surface area contributed by atoms with Gasteiger partial charge in [-0.3, -0.25) is 4.40 Å². The van der Waals surface area contributed by atoms with Gasteiger partial charge in [-0.05, 0) is 23.7 Å². The Morgan fingerprint density at radius 3 is 3.12 bits per heavy atom. The summed E-state index contributed by atoms with van der Waals surface area (Å²) >= 11 is 7.32. The molecule has 0 spiro atoms. The molecule has 1 unspecified atom stereocenters. The number of hydrogen-bond acceptors (Lipinski definition) is 4. The summed E-state index contributed by atoms with van der Waals surface area (Å²) in [6.45, 7) is 0. The van der Waals surface area contributed by atoms with Crippen molar-refractivity contribution in [2.24, 2.45) is 5.73 Å². The van der Waals surface area contributed by atoms with Gasteiger partial charge in [0.15, 0.2) is 10.2 Å². The van der Waals surface area contributed by atoms with Gasteiger partial charge in [-0.2, -0.15) is 0 Å². The molecule has 88 valence electrons. The van der Waals surface area contributed by atoms with Crippen LogP contribution in [0.25, 0.3) is 4.96 Å². The second kappa shape index (κ2) is 4.18. The summed E-state index contributed by atoms with van der Waals surface area (Å²) < 4.78 is 7.27. The number of nitrogens with zero attached hydrogens (tertiary/aromatic N) is 2. The van der Waals surface area contributed by atoms with Crippen LogP contribution < -0.4 is 5.73 Å². The average molecular weight is 268 g/mol. The Morgan fingerprint density at radius 1 is 1.53 bits per heavy atom. The minimum Gasteiger partial charge on any atom is -0.448 e. The summed E-state index contributed by atoms with van der Waals surface area (Å²) in [5.74, 6) is 0.686. The first-order valence-electron chi connectivity index (χ1n) is 5.14. The normalized spacial score (nSPS) is 13.3. The maximum absolute atomic E-state index is 6.03.